The molecule has 2 aliphatic rings. The number of hydrogen-bond donors (Lipinski definition) is 0. The Hall–Kier alpha value is -3.67. The predicted molar refractivity (Wildman–Crippen MR) is 120 cm³/mol. The SMILES string of the molecule is CN(C(=O)CN1C(=O)c2ccccc2N2C(=O)CCC12C)c1cccc2ccccc12. The second-order valence-electron chi connectivity index (χ2n) is 8.31. The van der Waals surface area contributed by atoms with Crippen molar-refractivity contribution in [1.82, 2.24) is 4.90 Å². The second-order valence-corrected chi connectivity index (χ2v) is 8.31. The normalized spacial score (nSPS) is 20.1. The third-order valence-corrected chi connectivity index (χ3v) is 6.54. The standard InChI is InChI=1S/C25H23N3O3/c1-25-15-14-22(29)28(25)21-12-6-5-11-19(21)24(31)27(25)16-23(30)26(2)20-13-7-9-17-8-3-4-10-18(17)20/h3-13H,14-16H2,1-2H3. The topological polar surface area (TPSA) is 60.9 Å². The molecule has 0 aromatic heterocycles. The van der Waals surface area contributed by atoms with E-state index < -0.39 is 5.66 Å². The van der Waals surface area contributed by atoms with Gasteiger partial charge in [0.25, 0.3) is 5.91 Å². The lowest BCUT2D eigenvalue weighted by Crippen LogP contribution is -2.64. The van der Waals surface area contributed by atoms with Gasteiger partial charge in [-0.05, 0) is 36.9 Å². The molecule has 0 N–H and O–H groups in total. The van der Waals surface area contributed by atoms with Crippen molar-refractivity contribution < 1.29 is 14.4 Å². The molecule has 0 aliphatic carbocycles. The van der Waals surface area contributed by atoms with Crippen LogP contribution in [0.5, 0.6) is 0 Å². The fourth-order valence-corrected chi connectivity index (χ4v) is 4.82. The second kappa shape index (κ2) is 6.94. The molecule has 6 nitrogen and oxygen atoms in total. The number of benzene rings is 3. The van der Waals surface area contributed by atoms with E-state index in [0.29, 0.717) is 24.1 Å². The zero-order valence-corrected chi connectivity index (χ0v) is 17.5. The van der Waals surface area contributed by atoms with Crippen LogP contribution in [0.3, 0.4) is 0 Å². The first-order valence-electron chi connectivity index (χ1n) is 10.4. The van der Waals surface area contributed by atoms with Crippen molar-refractivity contribution in [1.29, 1.82) is 0 Å². The van der Waals surface area contributed by atoms with Crippen molar-refractivity contribution >= 4 is 39.9 Å². The van der Waals surface area contributed by atoms with Gasteiger partial charge in [-0.3, -0.25) is 19.3 Å². The molecule has 0 radical (unpaired) electrons. The number of fused-ring (bicyclic) bond motifs is 4. The van der Waals surface area contributed by atoms with Gasteiger partial charge in [0, 0.05) is 18.9 Å². The Bertz CT molecular complexity index is 1230. The van der Waals surface area contributed by atoms with E-state index in [1.165, 1.54) is 0 Å². The van der Waals surface area contributed by atoms with Gasteiger partial charge in [0.1, 0.15) is 12.2 Å². The lowest BCUT2D eigenvalue weighted by molar-refractivity contribution is -0.121. The van der Waals surface area contributed by atoms with Crippen LogP contribution in [-0.4, -0.2) is 41.9 Å². The van der Waals surface area contributed by atoms with Crippen molar-refractivity contribution in [3.63, 3.8) is 0 Å². The van der Waals surface area contributed by atoms with E-state index in [1.54, 1.807) is 39.9 Å². The lowest BCUT2D eigenvalue weighted by Gasteiger charge is -2.48. The summed E-state index contributed by atoms with van der Waals surface area (Å²) in [5.41, 5.74) is 1.02. The van der Waals surface area contributed by atoms with Crippen LogP contribution in [0.1, 0.15) is 30.1 Å². The maximum atomic E-state index is 13.4. The Morgan fingerprint density at radius 3 is 2.55 bits per heavy atom. The number of nitrogens with zero attached hydrogens (tertiary/aromatic N) is 3. The molecular formula is C25H23N3O3. The van der Waals surface area contributed by atoms with Gasteiger partial charge in [0.2, 0.25) is 11.8 Å². The number of hydrogen-bond acceptors (Lipinski definition) is 3. The maximum absolute atomic E-state index is 13.4. The highest BCUT2D eigenvalue weighted by Crippen LogP contribution is 2.44. The Balaban J connectivity index is 1.51. The molecular weight excluding hydrogens is 390 g/mol. The molecule has 2 heterocycles. The molecule has 3 aromatic rings. The summed E-state index contributed by atoms with van der Waals surface area (Å²) in [6.07, 6.45) is 0.846. The van der Waals surface area contributed by atoms with Crippen molar-refractivity contribution in [3.8, 4) is 0 Å². The average molecular weight is 413 g/mol. The Morgan fingerprint density at radius 2 is 1.71 bits per heavy atom. The zero-order valence-electron chi connectivity index (χ0n) is 17.5. The molecule has 1 atom stereocenters. The van der Waals surface area contributed by atoms with Crippen LogP contribution < -0.4 is 9.80 Å². The molecule has 5 rings (SSSR count). The van der Waals surface area contributed by atoms with E-state index in [1.807, 2.05) is 55.5 Å². The summed E-state index contributed by atoms with van der Waals surface area (Å²) in [5, 5.41) is 2.02. The number of para-hydroxylation sites is 1. The predicted octanol–water partition coefficient (Wildman–Crippen LogP) is 3.80. The van der Waals surface area contributed by atoms with Crippen molar-refractivity contribution in [2.24, 2.45) is 0 Å². The summed E-state index contributed by atoms with van der Waals surface area (Å²) < 4.78 is 0. The van der Waals surface area contributed by atoms with E-state index >= 15 is 0 Å². The molecule has 2 aliphatic heterocycles. The van der Waals surface area contributed by atoms with Crippen LogP contribution in [0.15, 0.2) is 66.7 Å². The summed E-state index contributed by atoms with van der Waals surface area (Å²) >= 11 is 0. The van der Waals surface area contributed by atoms with Crippen LogP contribution in [0, 0.1) is 0 Å². The molecule has 6 heteroatoms. The van der Waals surface area contributed by atoms with E-state index in [0.717, 1.165) is 16.5 Å². The Kier molecular flexibility index (Phi) is 4.32. The zero-order chi connectivity index (χ0) is 21.8. The number of amides is 3. The van der Waals surface area contributed by atoms with Crippen molar-refractivity contribution in [2.75, 3.05) is 23.4 Å². The fraction of sp³-hybridized carbons (Fsp3) is 0.240. The maximum Gasteiger partial charge on any atom is 0.258 e. The third-order valence-electron chi connectivity index (χ3n) is 6.54. The monoisotopic (exact) mass is 413 g/mol. The molecule has 0 saturated carbocycles. The first kappa shape index (κ1) is 19.3. The largest absolute Gasteiger partial charge is 0.313 e. The number of rotatable bonds is 3. The van der Waals surface area contributed by atoms with Gasteiger partial charge in [-0.2, -0.15) is 0 Å². The Labute approximate surface area is 180 Å². The molecule has 3 aromatic carbocycles. The van der Waals surface area contributed by atoms with Crippen LogP contribution in [0.4, 0.5) is 11.4 Å². The molecule has 156 valence electrons. The molecule has 1 saturated heterocycles. The first-order valence-corrected chi connectivity index (χ1v) is 10.4. The van der Waals surface area contributed by atoms with Crippen LogP contribution in [0.25, 0.3) is 10.8 Å². The lowest BCUT2D eigenvalue weighted by atomic mass is 9.98. The molecule has 0 bridgehead atoms. The fourth-order valence-electron chi connectivity index (χ4n) is 4.82. The van der Waals surface area contributed by atoms with Crippen LogP contribution in [-0.2, 0) is 9.59 Å². The molecule has 1 unspecified atom stereocenters. The minimum Gasteiger partial charge on any atom is -0.313 e. The molecule has 1 fully saturated rings. The Morgan fingerprint density at radius 1 is 1.00 bits per heavy atom. The van der Waals surface area contributed by atoms with E-state index in [2.05, 4.69) is 0 Å². The highest BCUT2D eigenvalue weighted by molar-refractivity contribution is 6.12. The highest BCUT2D eigenvalue weighted by atomic mass is 16.2. The van der Waals surface area contributed by atoms with Crippen LogP contribution >= 0.6 is 0 Å². The van der Waals surface area contributed by atoms with E-state index in [4.69, 9.17) is 0 Å². The van der Waals surface area contributed by atoms with E-state index in [9.17, 15) is 14.4 Å². The smallest absolute Gasteiger partial charge is 0.258 e. The third kappa shape index (κ3) is 2.82. The minimum atomic E-state index is -0.849. The number of anilines is 2. The first-order chi connectivity index (χ1) is 14.9. The van der Waals surface area contributed by atoms with Crippen LogP contribution in [0.2, 0.25) is 0 Å². The summed E-state index contributed by atoms with van der Waals surface area (Å²) in [5.74, 6) is -0.448. The van der Waals surface area contributed by atoms with Gasteiger partial charge in [-0.25, -0.2) is 0 Å². The van der Waals surface area contributed by atoms with Crippen molar-refractivity contribution in [2.45, 2.75) is 25.4 Å². The van der Waals surface area contributed by atoms with Gasteiger partial charge in [0.05, 0.1) is 16.9 Å². The minimum absolute atomic E-state index is 0.0256. The van der Waals surface area contributed by atoms with Gasteiger partial charge in [0.15, 0.2) is 0 Å². The van der Waals surface area contributed by atoms with Gasteiger partial charge in [-0.15, -0.1) is 0 Å². The summed E-state index contributed by atoms with van der Waals surface area (Å²) in [7, 11) is 1.73. The summed E-state index contributed by atoms with van der Waals surface area (Å²) in [6, 6.07) is 20.8. The number of carbonyl (C=O) groups is 3. The summed E-state index contributed by atoms with van der Waals surface area (Å²) in [4.78, 5) is 44.3. The van der Waals surface area contributed by atoms with Gasteiger partial charge in [-0.1, -0.05) is 48.5 Å². The number of carbonyl (C=O) groups excluding carboxylic acids is 3. The van der Waals surface area contributed by atoms with Gasteiger partial charge < -0.3 is 9.80 Å². The average Bonchev–Trinajstić information content (AvgIpc) is 3.10. The summed E-state index contributed by atoms with van der Waals surface area (Å²) in [6.45, 7) is 1.77. The van der Waals surface area contributed by atoms with E-state index in [-0.39, 0.29) is 24.3 Å². The quantitative estimate of drug-likeness (QED) is 0.656. The molecule has 0 spiro atoms. The number of likely N-dealkylation sites (N-methyl/N-ethyl adjacent to an activating group) is 1. The molecule has 31 heavy (non-hydrogen) atoms. The van der Waals surface area contributed by atoms with Crippen molar-refractivity contribution in [3.05, 3.63) is 72.3 Å². The van der Waals surface area contributed by atoms with Gasteiger partial charge >= 0.3 is 0 Å². The molecule has 3 amide bonds. The highest BCUT2D eigenvalue weighted by Gasteiger charge is 2.53.